The van der Waals surface area contributed by atoms with Crippen LogP contribution in [0.15, 0.2) is 55.2 Å². The molecule has 0 aromatic carbocycles. The van der Waals surface area contributed by atoms with Gasteiger partial charge in [-0.3, -0.25) is 15.1 Å². The number of imidazole rings is 1. The molecule has 156 valence electrons. The molecule has 0 saturated heterocycles. The summed E-state index contributed by atoms with van der Waals surface area (Å²) < 4.78 is 13.6. The highest BCUT2D eigenvalue weighted by Gasteiger charge is 2.17. The van der Waals surface area contributed by atoms with Crippen LogP contribution < -0.4 is 5.73 Å². The first kappa shape index (κ1) is 18.7. The lowest BCUT2D eigenvalue weighted by Crippen LogP contribution is -1.97. The summed E-state index contributed by atoms with van der Waals surface area (Å²) in [6, 6.07) is 7.17. The van der Waals surface area contributed by atoms with E-state index in [2.05, 4.69) is 30.1 Å². The van der Waals surface area contributed by atoms with E-state index in [0.717, 1.165) is 49.4 Å². The minimum absolute atomic E-state index is 0.251. The van der Waals surface area contributed by atoms with Gasteiger partial charge in [0, 0.05) is 52.9 Å². The minimum Gasteiger partial charge on any atom is -0.335 e. The van der Waals surface area contributed by atoms with Crippen molar-refractivity contribution in [2.24, 2.45) is 5.73 Å². The fourth-order valence-electron chi connectivity index (χ4n) is 3.69. The van der Waals surface area contributed by atoms with Gasteiger partial charge in [0.05, 0.1) is 17.1 Å². The van der Waals surface area contributed by atoms with Crippen LogP contribution in [0.4, 0.5) is 4.39 Å². The van der Waals surface area contributed by atoms with Gasteiger partial charge in [-0.1, -0.05) is 0 Å². The molecule has 0 unspecified atom stereocenters. The summed E-state index contributed by atoms with van der Waals surface area (Å²) in [5.41, 5.74) is 12.0. The SMILES string of the molecule is NCc1cncc(-c2cnc3n[nH]c(-c4nc5c(-c6ccc(F)s6)cncc5[nH]4)c3c2)c1. The first-order valence-electron chi connectivity index (χ1n) is 9.78. The summed E-state index contributed by atoms with van der Waals surface area (Å²) in [6.45, 7) is 0.414. The van der Waals surface area contributed by atoms with Crippen LogP contribution in [0, 0.1) is 5.13 Å². The average Bonchev–Trinajstić information content (AvgIpc) is 3.55. The van der Waals surface area contributed by atoms with Crippen molar-refractivity contribution >= 4 is 33.4 Å². The zero-order chi connectivity index (χ0) is 21.7. The van der Waals surface area contributed by atoms with Crippen LogP contribution in [0.1, 0.15) is 5.56 Å². The summed E-state index contributed by atoms with van der Waals surface area (Å²) in [4.78, 5) is 21.9. The Kier molecular flexibility index (Phi) is 4.27. The third kappa shape index (κ3) is 3.04. The molecule has 32 heavy (non-hydrogen) atoms. The number of hydrogen-bond donors (Lipinski definition) is 3. The number of aromatic nitrogens is 7. The van der Waals surface area contributed by atoms with Gasteiger partial charge in [0.1, 0.15) is 11.2 Å². The molecule has 0 fully saturated rings. The molecule has 6 aromatic rings. The van der Waals surface area contributed by atoms with Crippen molar-refractivity contribution in [3.05, 3.63) is 65.9 Å². The highest BCUT2D eigenvalue weighted by atomic mass is 32.1. The van der Waals surface area contributed by atoms with Crippen LogP contribution in [-0.2, 0) is 6.54 Å². The first-order valence-corrected chi connectivity index (χ1v) is 10.6. The molecule has 6 rings (SSSR count). The standard InChI is InChI=1S/C22H15FN8S/c23-18-2-1-17(32-18)15-9-26-10-16-19(15)29-22(28-16)20-14-4-13(8-27-21(14)31-30-20)12-3-11(5-24)6-25-7-12/h1-4,6-10H,5,24H2,(H,28,29)(H,27,30,31). The fourth-order valence-corrected chi connectivity index (χ4v) is 4.43. The number of nitrogens with one attached hydrogen (secondary N) is 2. The van der Waals surface area contributed by atoms with Crippen molar-refractivity contribution in [3.8, 4) is 33.1 Å². The smallest absolute Gasteiger partial charge is 0.181 e. The van der Waals surface area contributed by atoms with E-state index in [1.165, 1.54) is 6.07 Å². The number of aromatic amines is 2. The fraction of sp³-hybridized carbons (Fsp3) is 0.0455. The molecule has 0 aliphatic heterocycles. The van der Waals surface area contributed by atoms with Crippen molar-refractivity contribution in [2.45, 2.75) is 6.54 Å². The van der Waals surface area contributed by atoms with Crippen LogP contribution in [0.25, 0.3) is 55.2 Å². The number of hydrogen-bond acceptors (Lipinski definition) is 7. The Balaban J connectivity index is 1.49. The Morgan fingerprint density at radius 2 is 1.88 bits per heavy atom. The predicted molar refractivity (Wildman–Crippen MR) is 121 cm³/mol. The molecule has 8 nitrogen and oxygen atoms in total. The van der Waals surface area contributed by atoms with Crippen molar-refractivity contribution in [3.63, 3.8) is 0 Å². The number of thiophene rings is 1. The maximum absolute atomic E-state index is 13.6. The largest absolute Gasteiger partial charge is 0.335 e. The number of nitrogens with zero attached hydrogens (tertiary/aromatic N) is 5. The van der Waals surface area contributed by atoms with Gasteiger partial charge in [0.2, 0.25) is 0 Å². The molecule has 6 aromatic heterocycles. The van der Waals surface area contributed by atoms with Gasteiger partial charge < -0.3 is 10.7 Å². The van der Waals surface area contributed by atoms with Gasteiger partial charge in [-0.05, 0) is 29.8 Å². The monoisotopic (exact) mass is 442 g/mol. The van der Waals surface area contributed by atoms with Crippen molar-refractivity contribution in [1.82, 2.24) is 35.1 Å². The summed E-state index contributed by atoms with van der Waals surface area (Å²) in [5, 5.41) is 7.92. The summed E-state index contributed by atoms with van der Waals surface area (Å²) in [7, 11) is 0. The molecule has 0 aliphatic carbocycles. The maximum Gasteiger partial charge on any atom is 0.181 e. The number of nitrogens with two attached hydrogens (primary N) is 1. The van der Waals surface area contributed by atoms with Crippen LogP contribution in [0.5, 0.6) is 0 Å². The van der Waals surface area contributed by atoms with Crippen molar-refractivity contribution in [2.75, 3.05) is 0 Å². The van der Waals surface area contributed by atoms with Crippen LogP contribution in [0.3, 0.4) is 0 Å². The molecule has 0 spiro atoms. The number of H-pyrrole nitrogens is 2. The van der Waals surface area contributed by atoms with Crippen LogP contribution in [0.2, 0.25) is 0 Å². The summed E-state index contributed by atoms with van der Waals surface area (Å²) >= 11 is 1.06. The summed E-state index contributed by atoms with van der Waals surface area (Å²) in [6.07, 6.45) is 8.68. The molecule has 6 heterocycles. The Labute approximate surface area is 184 Å². The van der Waals surface area contributed by atoms with Crippen molar-refractivity contribution < 1.29 is 4.39 Å². The van der Waals surface area contributed by atoms with Gasteiger partial charge in [0.25, 0.3) is 0 Å². The van der Waals surface area contributed by atoms with E-state index in [-0.39, 0.29) is 5.13 Å². The normalized spacial score (nSPS) is 11.6. The topological polar surface area (TPSA) is 122 Å². The van der Waals surface area contributed by atoms with E-state index in [1.54, 1.807) is 37.1 Å². The molecule has 10 heteroatoms. The van der Waals surface area contributed by atoms with Gasteiger partial charge in [-0.2, -0.15) is 9.49 Å². The second kappa shape index (κ2) is 7.29. The Morgan fingerprint density at radius 1 is 1.00 bits per heavy atom. The van der Waals surface area contributed by atoms with Gasteiger partial charge in [-0.15, -0.1) is 11.3 Å². The molecule has 0 aliphatic rings. The van der Waals surface area contributed by atoms with E-state index in [4.69, 9.17) is 10.7 Å². The maximum atomic E-state index is 13.6. The lowest BCUT2D eigenvalue weighted by molar-refractivity contribution is 0.657. The molecule has 0 bridgehead atoms. The van der Waals surface area contributed by atoms with E-state index >= 15 is 0 Å². The number of fused-ring (bicyclic) bond motifs is 2. The number of pyridine rings is 3. The van der Waals surface area contributed by atoms with Gasteiger partial charge in [-0.25, -0.2) is 9.97 Å². The Bertz CT molecular complexity index is 1600. The molecule has 0 saturated carbocycles. The number of rotatable bonds is 4. The van der Waals surface area contributed by atoms with Crippen LogP contribution >= 0.6 is 11.3 Å². The number of halogens is 1. The zero-order valence-electron chi connectivity index (χ0n) is 16.5. The molecule has 0 radical (unpaired) electrons. The third-order valence-corrected chi connectivity index (χ3v) is 6.15. The highest BCUT2D eigenvalue weighted by molar-refractivity contribution is 7.14. The van der Waals surface area contributed by atoms with Gasteiger partial charge in [0.15, 0.2) is 16.6 Å². The average molecular weight is 442 g/mol. The third-order valence-electron chi connectivity index (χ3n) is 5.24. The van der Waals surface area contributed by atoms with E-state index < -0.39 is 0 Å². The molecule has 4 N–H and O–H groups in total. The Morgan fingerprint density at radius 3 is 2.72 bits per heavy atom. The second-order valence-electron chi connectivity index (χ2n) is 7.25. The predicted octanol–water partition coefficient (Wildman–Crippen LogP) is 4.28. The molecule has 0 atom stereocenters. The lowest BCUT2D eigenvalue weighted by atomic mass is 10.1. The lowest BCUT2D eigenvalue weighted by Gasteiger charge is -2.03. The van der Waals surface area contributed by atoms with E-state index in [1.807, 2.05) is 12.1 Å². The van der Waals surface area contributed by atoms with E-state index in [9.17, 15) is 4.39 Å². The molecular weight excluding hydrogens is 427 g/mol. The zero-order valence-corrected chi connectivity index (χ0v) is 17.3. The van der Waals surface area contributed by atoms with E-state index in [0.29, 0.717) is 29.2 Å². The van der Waals surface area contributed by atoms with Crippen molar-refractivity contribution in [1.29, 1.82) is 0 Å². The second-order valence-corrected chi connectivity index (χ2v) is 8.29. The van der Waals surface area contributed by atoms with Crippen LogP contribution in [-0.4, -0.2) is 35.1 Å². The first-order chi connectivity index (χ1) is 15.7. The highest BCUT2D eigenvalue weighted by Crippen LogP contribution is 2.34. The quantitative estimate of drug-likeness (QED) is 0.374. The molecular formula is C22H15FN8S. The minimum atomic E-state index is -0.251. The van der Waals surface area contributed by atoms with Gasteiger partial charge >= 0.3 is 0 Å². The summed E-state index contributed by atoms with van der Waals surface area (Å²) in [5.74, 6) is 0.599. The Hall–Kier alpha value is -4.02. The molecule has 0 amide bonds.